The number of carbonyl (C=O) groups is 1. The van der Waals surface area contributed by atoms with Gasteiger partial charge < -0.3 is 19.3 Å². The van der Waals surface area contributed by atoms with E-state index in [1.54, 1.807) is 0 Å². The highest BCUT2D eigenvalue weighted by atomic mass is 16.5. The largest absolute Gasteiger partial charge is 0.381 e. The van der Waals surface area contributed by atoms with E-state index in [0.717, 1.165) is 77.4 Å². The molecule has 6 heteroatoms. The molecule has 0 aromatic heterocycles. The molecule has 166 valence electrons. The fourth-order valence-corrected chi connectivity index (χ4v) is 5.83. The summed E-state index contributed by atoms with van der Waals surface area (Å²) in [6.45, 7) is 14.7. The zero-order valence-corrected chi connectivity index (χ0v) is 18.6. The summed E-state index contributed by atoms with van der Waals surface area (Å²) < 4.78 is 11.8. The molecule has 4 fully saturated rings. The predicted octanol–water partition coefficient (Wildman–Crippen LogP) is 2.23. The summed E-state index contributed by atoms with van der Waals surface area (Å²) in [7, 11) is 0. The van der Waals surface area contributed by atoms with Gasteiger partial charge in [-0.15, -0.1) is 0 Å². The lowest BCUT2D eigenvalue weighted by Crippen LogP contribution is -2.58. The molecule has 1 unspecified atom stereocenters. The van der Waals surface area contributed by atoms with Crippen molar-refractivity contribution in [2.75, 3.05) is 65.6 Å². The van der Waals surface area contributed by atoms with E-state index < -0.39 is 0 Å². The third-order valence-electron chi connectivity index (χ3n) is 7.57. The Labute approximate surface area is 176 Å². The minimum atomic E-state index is 0.00440. The molecule has 4 rings (SSSR count). The molecule has 1 spiro atoms. The van der Waals surface area contributed by atoms with Gasteiger partial charge in [0.15, 0.2) is 0 Å². The minimum Gasteiger partial charge on any atom is -0.381 e. The van der Waals surface area contributed by atoms with Crippen molar-refractivity contribution in [2.24, 2.45) is 11.8 Å². The first-order valence-electron chi connectivity index (χ1n) is 12.0. The third kappa shape index (κ3) is 5.33. The van der Waals surface area contributed by atoms with E-state index >= 15 is 0 Å². The second kappa shape index (κ2) is 9.63. The van der Waals surface area contributed by atoms with Crippen molar-refractivity contribution >= 4 is 5.91 Å². The fraction of sp³-hybridized carbons (Fsp3) is 0.957. The normalized spacial score (nSPS) is 30.2. The first-order valence-corrected chi connectivity index (χ1v) is 12.0. The van der Waals surface area contributed by atoms with Crippen molar-refractivity contribution in [1.82, 2.24) is 14.7 Å². The number of likely N-dealkylation sites (tertiary alicyclic amines) is 1. The molecular weight excluding hydrogens is 366 g/mol. The van der Waals surface area contributed by atoms with Crippen molar-refractivity contribution in [1.29, 1.82) is 0 Å². The number of hydrogen-bond donors (Lipinski definition) is 0. The fourth-order valence-electron chi connectivity index (χ4n) is 5.83. The number of rotatable bonds is 4. The number of hydrogen-bond acceptors (Lipinski definition) is 5. The molecule has 0 bridgehead atoms. The number of piperazine rings is 1. The number of carbonyl (C=O) groups excluding carboxylic acids is 1. The summed E-state index contributed by atoms with van der Waals surface area (Å²) in [5.41, 5.74) is 0.00440. The van der Waals surface area contributed by atoms with Crippen LogP contribution in [-0.4, -0.2) is 97.9 Å². The van der Waals surface area contributed by atoms with Gasteiger partial charge in [-0.25, -0.2) is 0 Å². The lowest BCUT2D eigenvalue weighted by molar-refractivity contribution is -0.155. The summed E-state index contributed by atoms with van der Waals surface area (Å²) in [6.07, 6.45) is 6.11. The van der Waals surface area contributed by atoms with Crippen molar-refractivity contribution in [3.63, 3.8) is 0 Å². The van der Waals surface area contributed by atoms with Crippen LogP contribution in [0.1, 0.15) is 52.4 Å². The highest BCUT2D eigenvalue weighted by Crippen LogP contribution is 2.37. The van der Waals surface area contributed by atoms with Crippen LogP contribution in [0.25, 0.3) is 0 Å². The number of nitrogens with zero attached hydrogens (tertiary/aromatic N) is 3. The SMILES string of the molecule is CC(C)CN1CCN(C2CCOC3(CCN(C(=O)C4CCOCC4)CC3)C2)CC1. The van der Waals surface area contributed by atoms with Gasteiger partial charge in [0.1, 0.15) is 0 Å². The molecule has 0 saturated carbocycles. The van der Waals surface area contributed by atoms with Gasteiger partial charge in [-0.05, 0) is 44.4 Å². The summed E-state index contributed by atoms with van der Waals surface area (Å²) in [5, 5.41) is 0. The van der Waals surface area contributed by atoms with Crippen LogP contribution in [0.2, 0.25) is 0 Å². The Hall–Kier alpha value is -0.690. The molecule has 29 heavy (non-hydrogen) atoms. The lowest BCUT2D eigenvalue weighted by Gasteiger charge is -2.50. The van der Waals surface area contributed by atoms with Crippen molar-refractivity contribution < 1.29 is 14.3 Å². The van der Waals surface area contributed by atoms with Gasteiger partial charge in [-0.3, -0.25) is 9.69 Å². The third-order valence-corrected chi connectivity index (χ3v) is 7.57. The molecule has 1 amide bonds. The van der Waals surface area contributed by atoms with Gasteiger partial charge in [0.05, 0.1) is 5.60 Å². The molecule has 0 aromatic rings. The Morgan fingerprint density at radius 3 is 2.31 bits per heavy atom. The van der Waals surface area contributed by atoms with E-state index in [1.165, 1.54) is 32.7 Å². The maximum absolute atomic E-state index is 12.9. The first kappa shape index (κ1) is 21.5. The van der Waals surface area contributed by atoms with Crippen LogP contribution in [0.15, 0.2) is 0 Å². The summed E-state index contributed by atoms with van der Waals surface area (Å²) in [6, 6.07) is 0.655. The molecule has 0 aliphatic carbocycles. The second-order valence-electron chi connectivity index (χ2n) is 10.1. The Bertz CT molecular complexity index is 533. The molecule has 4 aliphatic heterocycles. The topological polar surface area (TPSA) is 45.2 Å². The average molecular weight is 408 g/mol. The predicted molar refractivity (Wildman–Crippen MR) is 114 cm³/mol. The zero-order valence-electron chi connectivity index (χ0n) is 18.6. The van der Waals surface area contributed by atoms with Crippen LogP contribution in [0.4, 0.5) is 0 Å². The maximum Gasteiger partial charge on any atom is 0.225 e. The lowest BCUT2D eigenvalue weighted by atomic mass is 9.81. The van der Waals surface area contributed by atoms with E-state index in [2.05, 4.69) is 28.5 Å². The molecule has 0 N–H and O–H groups in total. The maximum atomic E-state index is 12.9. The van der Waals surface area contributed by atoms with Gasteiger partial charge >= 0.3 is 0 Å². The smallest absolute Gasteiger partial charge is 0.225 e. The molecule has 4 heterocycles. The zero-order chi connectivity index (χ0) is 20.3. The van der Waals surface area contributed by atoms with E-state index in [1.807, 2.05) is 0 Å². The Balaban J connectivity index is 1.26. The second-order valence-corrected chi connectivity index (χ2v) is 10.1. The van der Waals surface area contributed by atoms with E-state index in [9.17, 15) is 4.79 Å². The van der Waals surface area contributed by atoms with E-state index in [4.69, 9.17) is 9.47 Å². The van der Waals surface area contributed by atoms with Gasteiger partial charge in [-0.2, -0.15) is 0 Å². The van der Waals surface area contributed by atoms with Crippen LogP contribution in [-0.2, 0) is 14.3 Å². The van der Waals surface area contributed by atoms with Crippen LogP contribution >= 0.6 is 0 Å². The summed E-state index contributed by atoms with van der Waals surface area (Å²) in [4.78, 5) is 20.3. The Morgan fingerprint density at radius 2 is 1.66 bits per heavy atom. The molecule has 0 radical (unpaired) electrons. The molecule has 0 aromatic carbocycles. The monoisotopic (exact) mass is 407 g/mol. The van der Waals surface area contributed by atoms with Crippen LogP contribution in [0.3, 0.4) is 0 Å². The molecule has 6 nitrogen and oxygen atoms in total. The van der Waals surface area contributed by atoms with Crippen molar-refractivity contribution in [3.8, 4) is 0 Å². The van der Waals surface area contributed by atoms with Gasteiger partial charge in [-0.1, -0.05) is 13.8 Å². The number of ether oxygens (including phenoxy) is 2. The Morgan fingerprint density at radius 1 is 0.966 bits per heavy atom. The molecule has 4 aliphatic rings. The average Bonchev–Trinajstić information content (AvgIpc) is 2.75. The minimum absolute atomic E-state index is 0.00440. The standard InChI is InChI=1S/C23H41N3O3/c1-19(2)18-24-10-12-25(13-11-24)21-5-16-29-23(17-21)6-8-26(9-7-23)22(27)20-3-14-28-15-4-20/h19-21H,3-18H2,1-2H3. The highest BCUT2D eigenvalue weighted by Gasteiger charge is 2.43. The van der Waals surface area contributed by atoms with Crippen LogP contribution < -0.4 is 0 Å². The Kier molecular flexibility index (Phi) is 7.15. The van der Waals surface area contributed by atoms with Crippen molar-refractivity contribution in [2.45, 2.75) is 64.0 Å². The van der Waals surface area contributed by atoms with Gasteiger partial charge in [0, 0.05) is 77.6 Å². The highest BCUT2D eigenvalue weighted by molar-refractivity contribution is 5.79. The summed E-state index contributed by atoms with van der Waals surface area (Å²) in [5.74, 6) is 1.29. The molecule has 1 atom stereocenters. The van der Waals surface area contributed by atoms with Gasteiger partial charge in [0.2, 0.25) is 5.91 Å². The van der Waals surface area contributed by atoms with Gasteiger partial charge in [0.25, 0.3) is 0 Å². The van der Waals surface area contributed by atoms with E-state index in [-0.39, 0.29) is 11.5 Å². The van der Waals surface area contributed by atoms with Crippen LogP contribution in [0, 0.1) is 11.8 Å². The number of piperidine rings is 1. The number of amides is 1. The quantitative estimate of drug-likeness (QED) is 0.715. The van der Waals surface area contributed by atoms with Crippen molar-refractivity contribution in [3.05, 3.63) is 0 Å². The van der Waals surface area contributed by atoms with Crippen LogP contribution in [0.5, 0.6) is 0 Å². The molecular formula is C23H41N3O3. The summed E-state index contributed by atoms with van der Waals surface area (Å²) >= 11 is 0. The molecule has 4 saturated heterocycles. The first-order chi connectivity index (χ1) is 14.0. The van der Waals surface area contributed by atoms with E-state index in [0.29, 0.717) is 11.9 Å².